The molecule has 0 saturated heterocycles. The number of fused-ring (bicyclic) bond motifs is 1. The van der Waals surface area contributed by atoms with Gasteiger partial charge < -0.3 is 14.4 Å². The van der Waals surface area contributed by atoms with E-state index in [4.69, 9.17) is 9.72 Å². The maximum absolute atomic E-state index is 12.4. The van der Waals surface area contributed by atoms with Crippen LogP contribution in [-0.4, -0.2) is 41.5 Å². The van der Waals surface area contributed by atoms with Gasteiger partial charge in [-0.25, -0.2) is 19.6 Å². The molecule has 0 bridgehead atoms. The van der Waals surface area contributed by atoms with Crippen LogP contribution in [0.3, 0.4) is 0 Å². The molecule has 204 valence electrons. The minimum Gasteiger partial charge on any atom is -0.481 e. The average Bonchev–Trinajstić information content (AvgIpc) is 3.73. The molecule has 0 radical (unpaired) electrons. The number of aromatic nitrogens is 6. The fourth-order valence-corrected chi connectivity index (χ4v) is 5.23. The van der Waals surface area contributed by atoms with Crippen LogP contribution in [0.25, 0.3) is 16.6 Å². The van der Waals surface area contributed by atoms with Gasteiger partial charge in [0.05, 0.1) is 53.7 Å². The summed E-state index contributed by atoms with van der Waals surface area (Å²) in [7, 11) is 3.34. The molecule has 0 saturated carbocycles. The van der Waals surface area contributed by atoms with E-state index < -0.39 is 5.60 Å². The summed E-state index contributed by atoms with van der Waals surface area (Å²) in [5, 5.41) is 36.9. The highest BCUT2D eigenvalue weighted by molar-refractivity contribution is 5.88. The Hall–Kier alpha value is -5.84. The second kappa shape index (κ2) is 10.6. The van der Waals surface area contributed by atoms with Crippen molar-refractivity contribution in [1.29, 1.82) is 10.5 Å². The Morgan fingerprint density at radius 2 is 1.69 bits per heavy atom. The zero-order chi connectivity index (χ0) is 29.3. The number of hydrogen-bond acceptors (Lipinski definition) is 8. The molecule has 1 unspecified atom stereocenters. The molecule has 0 aliphatic carbocycles. The van der Waals surface area contributed by atoms with Gasteiger partial charge in [-0.2, -0.15) is 15.6 Å². The van der Waals surface area contributed by atoms with E-state index in [1.54, 1.807) is 77.6 Å². The number of hydrogen-bond donors (Lipinski definition) is 1. The lowest BCUT2D eigenvalue weighted by atomic mass is 9.82. The van der Waals surface area contributed by atoms with Crippen molar-refractivity contribution in [2.45, 2.75) is 12.0 Å². The summed E-state index contributed by atoms with van der Waals surface area (Å²) in [4.78, 5) is 13.0. The molecule has 0 aliphatic heterocycles. The van der Waals surface area contributed by atoms with Crippen LogP contribution in [0.4, 0.5) is 0 Å². The van der Waals surface area contributed by atoms with Crippen molar-refractivity contribution < 1.29 is 9.84 Å². The normalized spacial score (nSPS) is 12.4. The maximum atomic E-state index is 12.4. The van der Waals surface area contributed by atoms with Gasteiger partial charge in [-0.15, -0.1) is 0 Å². The van der Waals surface area contributed by atoms with Gasteiger partial charge in [0, 0.05) is 24.4 Å². The van der Waals surface area contributed by atoms with Crippen molar-refractivity contribution in [2.24, 2.45) is 7.05 Å². The van der Waals surface area contributed by atoms with Crippen LogP contribution in [0.1, 0.15) is 39.1 Å². The second-order valence-electron chi connectivity index (χ2n) is 9.79. The smallest absolute Gasteiger partial charge is 0.218 e. The van der Waals surface area contributed by atoms with E-state index in [1.165, 1.54) is 13.4 Å². The number of pyridine rings is 1. The van der Waals surface area contributed by atoms with Crippen molar-refractivity contribution in [2.75, 3.05) is 7.11 Å². The van der Waals surface area contributed by atoms with Crippen molar-refractivity contribution in [3.8, 4) is 23.7 Å². The molecule has 3 aromatic carbocycles. The fraction of sp³-hybridized carbons (Fsp3) is 0.125. The number of aryl methyl sites for hydroxylation is 1. The van der Waals surface area contributed by atoms with Crippen LogP contribution in [-0.2, 0) is 19.1 Å². The van der Waals surface area contributed by atoms with Crippen LogP contribution in [0.2, 0.25) is 0 Å². The average molecular weight is 553 g/mol. The van der Waals surface area contributed by atoms with E-state index in [9.17, 15) is 15.6 Å². The molecule has 6 rings (SSSR count). The van der Waals surface area contributed by atoms with Crippen LogP contribution in [0.5, 0.6) is 5.88 Å². The third-order valence-corrected chi connectivity index (χ3v) is 7.39. The van der Waals surface area contributed by atoms with E-state index in [-0.39, 0.29) is 0 Å². The van der Waals surface area contributed by atoms with Crippen molar-refractivity contribution >= 4 is 10.9 Å². The summed E-state index contributed by atoms with van der Waals surface area (Å²) < 4.78 is 9.05. The van der Waals surface area contributed by atoms with Crippen LogP contribution in [0.15, 0.2) is 91.9 Å². The largest absolute Gasteiger partial charge is 0.481 e. The first-order valence-corrected chi connectivity index (χ1v) is 13.0. The number of ether oxygens (including phenoxy) is 1. The van der Waals surface area contributed by atoms with Crippen molar-refractivity contribution in [1.82, 2.24) is 29.3 Å². The molecule has 0 amide bonds. The topological polar surface area (TPSA) is 138 Å². The van der Waals surface area contributed by atoms with Gasteiger partial charge in [0.25, 0.3) is 0 Å². The highest BCUT2D eigenvalue weighted by atomic mass is 16.5. The van der Waals surface area contributed by atoms with E-state index in [0.29, 0.717) is 56.7 Å². The maximum Gasteiger partial charge on any atom is 0.218 e. The molecule has 0 aliphatic rings. The lowest BCUT2D eigenvalue weighted by Crippen LogP contribution is -2.31. The Balaban J connectivity index is 1.50. The first-order valence-electron chi connectivity index (χ1n) is 13.0. The molecule has 1 atom stereocenters. The zero-order valence-corrected chi connectivity index (χ0v) is 22.8. The zero-order valence-electron chi connectivity index (χ0n) is 22.8. The summed E-state index contributed by atoms with van der Waals surface area (Å²) in [6.07, 6.45) is 6.72. The molecule has 1 N–H and O–H groups in total. The monoisotopic (exact) mass is 552 g/mol. The van der Waals surface area contributed by atoms with Crippen LogP contribution in [0, 0.1) is 22.7 Å². The molecule has 10 heteroatoms. The van der Waals surface area contributed by atoms with E-state index in [1.807, 2.05) is 24.3 Å². The molecule has 6 aromatic rings. The van der Waals surface area contributed by atoms with Crippen molar-refractivity contribution in [3.63, 3.8) is 0 Å². The first kappa shape index (κ1) is 26.4. The predicted octanol–water partition coefficient (Wildman–Crippen LogP) is 4.18. The van der Waals surface area contributed by atoms with Crippen LogP contribution < -0.4 is 4.74 Å². The lowest BCUT2D eigenvalue weighted by Gasteiger charge is -2.30. The number of aliphatic hydroxyl groups is 1. The van der Waals surface area contributed by atoms with Gasteiger partial charge in [-0.3, -0.25) is 0 Å². The molecule has 3 aromatic heterocycles. The first-order chi connectivity index (χ1) is 20.5. The highest BCUT2D eigenvalue weighted by Gasteiger charge is 2.37. The number of nitrogens with zero attached hydrogens (tertiary/aromatic N) is 8. The quantitative estimate of drug-likeness (QED) is 0.311. The third-order valence-electron chi connectivity index (χ3n) is 7.39. The summed E-state index contributed by atoms with van der Waals surface area (Å²) in [5.74, 6) is 0.362. The van der Waals surface area contributed by atoms with Gasteiger partial charge in [-0.1, -0.05) is 30.3 Å². The Labute approximate surface area is 241 Å². The summed E-state index contributed by atoms with van der Waals surface area (Å²) in [6.45, 7) is 0. The Morgan fingerprint density at radius 1 is 0.929 bits per heavy atom. The van der Waals surface area contributed by atoms with Gasteiger partial charge in [0.15, 0.2) is 5.60 Å². The van der Waals surface area contributed by atoms with Crippen LogP contribution >= 0.6 is 0 Å². The highest BCUT2D eigenvalue weighted by Crippen LogP contribution is 2.39. The number of rotatable bonds is 7. The fourth-order valence-electron chi connectivity index (χ4n) is 5.23. The number of benzene rings is 3. The third kappa shape index (κ3) is 4.42. The van der Waals surface area contributed by atoms with Gasteiger partial charge in [0.2, 0.25) is 5.88 Å². The molecule has 10 nitrogen and oxygen atoms in total. The predicted molar refractivity (Wildman–Crippen MR) is 154 cm³/mol. The Kier molecular flexibility index (Phi) is 6.67. The van der Waals surface area contributed by atoms with Gasteiger partial charge in [0.1, 0.15) is 18.7 Å². The van der Waals surface area contributed by atoms with E-state index in [0.717, 1.165) is 11.3 Å². The van der Waals surface area contributed by atoms with Gasteiger partial charge >= 0.3 is 0 Å². The minimum atomic E-state index is -1.63. The molecule has 0 fully saturated rings. The molecular formula is C32H24N8O2. The number of methoxy groups -OCH3 is 1. The lowest BCUT2D eigenvalue weighted by molar-refractivity contribution is 0.117. The molecule has 42 heavy (non-hydrogen) atoms. The summed E-state index contributed by atoms with van der Waals surface area (Å²) in [5.41, 5.74) is 3.88. The Bertz CT molecular complexity index is 1980. The van der Waals surface area contributed by atoms with E-state index in [2.05, 4.69) is 27.2 Å². The SMILES string of the molecule is COc1nc2ccc(C(O)(c3ccc(C#N)cc3)c3cncn3C)cc2c(C#N)c1Cc1ccc(-n2cncn2)cc1. The van der Waals surface area contributed by atoms with Crippen molar-refractivity contribution in [3.05, 3.63) is 131 Å². The second-order valence-corrected chi connectivity index (χ2v) is 9.79. The standard InChI is InChI=1S/C32H24N8O2/c1-39-19-35-17-30(39)32(41,23-7-3-22(15-33)4-8-23)24-9-12-29-26(14-24)28(16-34)27(31(38-29)42-2)13-21-5-10-25(11-6-21)40-20-36-18-37-40/h3-12,14,17-20,41H,13H2,1-2H3. The molecule has 0 spiro atoms. The minimum absolute atomic E-state index is 0.362. The Morgan fingerprint density at radius 3 is 2.31 bits per heavy atom. The molecular weight excluding hydrogens is 528 g/mol. The van der Waals surface area contributed by atoms with E-state index >= 15 is 0 Å². The van der Waals surface area contributed by atoms with Gasteiger partial charge in [-0.05, 0) is 53.1 Å². The summed E-state index contributed by atoms with van der Waals surface area (Å²) >= 11 is 0. The summed E-state index contributed by atoms with van der Waals surface area (Å²) in [6, 6.07) is 24.4. The molecule has 3 heterocycles. The number of nitriles is 2. The number of imidazole rings is 1.